The van der Waals surface area contributed by atoms with Gasteiger partial charge < -0.3 is 5.32 Å². The predicted molar refractivity (Wildman–Crippen MR) is 73.8 cm³/mol. The fourth-order valence-corrected chi connectivity index (χ4v) is 3.25. The lowest BCUT2D eigenvalue weighted by Gasteiger charge is -2.13. The van der Waals surface area contributed by atoms with Crippen LogP contribution in [0.1, 0.15) is 18.5 Å². The van der Waals surface area contributed by atoms with E-state index in [0.717, 1.165) is 16.0 Å². The van der Waals surface area contributed by atoms with Crippen molar-refractivity contribution in [1.29, 1.82) is 0 Å². The molecule has 0 fully saturated rings. The van der Waals surface area contributed by atoms with Crippen LogP contribution < -0.4 is 5.32 Å². The summed E-state index contributed by atoms with van der Waals surface area (Å²) in [5.41, 5.74) is 2.29. The Labute approximate surface area is 107 Å². The zero-order valence-electron chi connectivity index (χ0n) is 9.25. The fourth-order valence-electron chi connectivity index (χ4n) is 1.70. The molecule has 0 aliphatic heterocycles. The maximum absolute atomic E-state index is 4.32. The van der Waals surface area contributed by atoms with Crippen molar-refractivity contribution in [2.24, 2.45) is 0 Å². The van der Waals surface area contributed by atoms with Crippen molar-refractivity contribution in [1.82, 2.24) is 9.97 Å². The number of anilines is 1. The molecule has 3 rings (SSSR count). The van der Waals surface area contributed by atoms with Gasteiger partial charge in [0.05, 0.1) is 16.3 Å². The maximum atomic E-state index is 4.32. The molecule has 1 atom stereocenters. The van der Waals surface area contributed by atoms with Gasteiger partial charge in [-0.25, -0.2) is 9.97 Å². The number of thiophene rings is 2. The Morgan fingerprint density at radius 3 is 3.00 bits per heavy atom. The van der Waals surface area contributed by atoms with Gasteiger partial charge in [-0.3, -0.25) is 0 Å². The first-order valence-corrected chi connectivity index (χ1v) is 7.13. The van der Waals surface area contributed by atoms with E-state index in [-0.39, 0.29) is 6.04 Å². The summed E-state index contributed by atoms with van der Waals surface area (Å²) in [5, 5.41) is 9.73. The maximum Gasteiger partial charge on any atom is 0.147 e. The molecule has 0 aliphatic carbocycles. The second-order valence-electron chi connectivity index (χ2n) is 3.78. The first-order chi connectivity index (χ1) is 8.34. The number of rotatable bonds is 3. The highest BCUT2D eigenvalue weighted by Crippen LogP contribution is 2.28. The number of aromatic nitrogens is 2. The molecule has 0 aliphatic rings. The average molecular weight is 261 g/mol. The van der Waals surface area contributed by atoms with Crippen molar-refractivity contribution < 1.29 is 0 Å². The molecule has 1 N–H and O–H groups in total. The number of nitrogens with one attached hydrogen (secondary N) is 1. The summed E-state index contributed by atoms with van der Waals surface area (Å²) >= 11 is 3.38. The second kappa shape index (κ2) is 4.43. The largest absolute Gasteiger partial charge is 0.362 e. The highest BCUT2D eigenvalue weighted by atomic mass is 32.1. The molecule has 3 aromatic rings. The monoisotopic (exact) mass is 261 g/mol. The van der Waals surface area contributed by atoms with Crippen LogP contribution in [0.25, 0.3) is 10.2 Å². The molecule has 3 aromatic heterocycles. The quantitative estimate of drug-likeness (QED) is 0.776. The lowest BCUT2D eigenvalue weighted by molar-refractivity contribution is 0.882. The van der Waals surface area contributed by atoms with Crippen LogP contribution in [-0.4, -0.2) is 9.97 Å². The van der Waals surface area contributed by atoms with Crippen molar-refractivity contribution in [3.63, 3.8) is 0 Å². The zero-order chi connectivity index (χ0) is 11.7. The Morgan fingerprint density at radius 1 is 1.24 bits per heavy atom. The van der Waals surface area contributed by atoms with E-state index in [1.54, 1.807) is 29.0 Å². The van der Waals surface area contributed by atoms with Crippen LogP contribution in [0.2, 0.25) is 0 Å². The van der Waals surface area contributed by atoms with E-state index in [2.05, 4.69) is 39.0 Å². The first kappa shape index (κ1) is 10.7. The third-order valence-electron chi connectivity index (χ3n) is 2.64. The van der Waals surface area contributed by atoms with Gasteiger partial charge in [0.1, 0.15) is 12.1 Å². The van der Waals surface area contributed by atoms with Gasteiger partial charge in [0.25, 0.3) is 0 Å². The number of hydrogen-bond acceptors (Lipinski definition) is 5. The van der Waals surface area contributed by atoms with Gasteiger partial charge in [-0.2, -0.15) is 11.3 Å². The molecule has 3 nitrogen and oxygen atoms in total. The SMILES string of the molecule is CC(Nc1ncnc2ccsc12)c1ccsc1. The van der Waals surface area contributed by atoms with E-state index in [0.29, 0.717) is 0 Å². The van der Waals surface area contributed by atoms with Gasteiger partial charge in [-0.05, 0) is 40.8 Å². The fraction of sp³-hybridized carbons (Fsp3) is 0.167. The van der Waals surface area contributed by atoms with Crippen LogP contribution in [0.4, 0.5) is 5.82 Å². The molecule has 5 heteroatoms. The second-order valence-corrected chi connectivity index (χ2v) is 5.48. The molecule has 0 amide bonds. The summed E-state index contributed by atoms with van der Waals surface area (Å²) < 4.78 is 1.12. The van der Waals surface area contributed by atoms with Crippen LogP contribution in [0.5, 0.6) is 0 Å². The van der Waals surface area contributed by atoms with Crippen LogP contribution in [0.15, 0.2) is 34.6 Å². The van der Waals surface area contributed by atoms with Gasteiger partial charge in [0, 0.05) is 0 Å². The normalized spacial score (nSPS) is 12.8. The van der Waals surface area contributed by atoms with Gasteiger partial charge in [-0.15, -0.1) is 11.3 Å². The Hall–Kier alpha value is -1.46. The van der Waals surface area contributed by atoms with Crippen molar-refractivity contribution >= 4 is 38.7 Å². The van der Waals surface area contributed by atoms with Crippen LogP contribution in [0.3, 0.4) is 0 Å². The van der Waals surface area contributed by atoms with Gasteiger partial charge >= 0.3 is 0 Å². The predicted octanol–water partition coefficient (Wildman–Crippen LogP) is 3.93. The Kier molecular flexibility index (Phi) is 2.78. The standard InChI is InChI=1S/C12H11N3S2/c1-8(9-2-4-16-6-9)15-12-11-10(3-5-17-11)13-7-14-12/h2-8H,1H3,(H,13,14,15). The lowest BCUT2D eigenvalue weighted by Crippen LogP contribution is -2.07. The summed E-state index contributed by atoms with van der Waals surface area (Å²) in [4.78, 5) is 8.55. The first-order valence-electron chi connectivity index (χ1n) is 5.31. The highest BCUT2D eigenvalue weighted by Gasteiger charge is 2.10. The molecule has 0 spiro atoms. The highest BCUT2D eigenvalue weighted by molar-refractivity contribution is 7.17. The number of hydrogen-bond donors (Lipinski definition) is 1. The zero-order valence-corrected chi connectivity index (χ0v) is 10.9. The lowest BCUT2D eigenvalue weighted by atomic mass is 10.2. The number of nitrogens with zero attached hydrogens (tertiary/aromatic N) is 2. The smallest absolute Gasteiger partial charge is 0.147 e. The van der Waals surface area contributed by atoms with Crippen LogP contribution in [0, 0.1) is 0 Å². The van der Waals surface area contributed by atoms with E-state index in [1.807, 2.05) is 11.4 Å². The van der Waals surface area contributed by atoms with E-state index < -0.39 is 0 Å². The van der Waals surface area contributed by atoms with E-state index in [9.17, 15) is 0 Å². The van der Waals surface area contributed by atoms with Crippen molar-refractivity contribution in [2.75, 3.05) is 5.32 Å². The van der Waals surface area contributed by atoms with E-state index in [4.69, 9.17) is 0 Å². The van der Waals surface area contributed by atoms with E-state index in [1.165, 1.54) is 5.56 Å². The van der Waals surface area contributed by atoms with Gasteiger partial charge in [0.2, 0.25) is 0 Å². The minimum absolute atomic E-state index is 0.265. The van der Waals surface area contributed by atoms with Crippen LogP contribution in [-0.2, 0) is 0 Å². The van der Waals surface area contributed by atoms with E-state index >= 15 is 0 Å². The van der Waals surface area contributed by atoms with Gasteiger partial charge in [0.15, 0.2) is 0 Å². The molecule has 1 unspecified atom stereocenters. The van der Waals surface area contributed by atoms with Crippen LogP contribution >= 0.6 is 22.7 Å². The van der Waals surface area contributed by atoms with Crippen molar-refractivity contribution in [2.45, 2.75) is 13.0 Å². The minimum Gasteiger partial charge on any atom is -0.362 e. The summed E-state index contributed by atoms with van der Waals surface area (Å²) in [5.74, 6) is 0.920. The minimum atomic E-state index is 0.265. The van der Waals surface area contributed by atoms with Crippen molar-refractivity contribution in [3.8, 4) is 0 Å². The Bertz CT molecular complexity index is 616. The third kappa shape index (κ3) is 2.03. The van der Waals surface area contributed by atoms with Crippen molar-refractivity contribution in [3.05, 3.63) is 40.2 Å². The molecule has 0 saturated heterocycles. The summed E-state index contributed by atoms with van der Waals surface area (Å²) in [6.07, 6.45) is 1.61. The molecule has 86 valence electrons. The molecule has 0 bridgehead atoms. The van der Waals surface area contributed by atoms with Gasteiger partial charge in [-0.1, -0.05) is 0 Å². The molecule has 0 saturated carbocycles. The molecule has 17 heavy (non-hydrogen) atoms. The summed E-state index contributed by atoms with van der Waals surface area (Å²) in [6, 6.07) is 4.42. The summed E-state index contributed by atoms with van der Waals surface area (Å²) in [6.45, 7) is 2.14. The Balaban J connectivity index is 1.92. The average Bonchev–Trinajstić information content (AvgIpc) is 3.00. The molecular formula is C12H11N3S2. The Morgan fingerprint density at radius 2 is 2.18 bits per heavy atom. The third-order valence-corrected chi connectivity index (χ3v) is 4.25. The molecule has 0 aromatic carbocycles. The molecule has 0 radical (unpaired) electrons. The summed E-state index contributed by atoms with van der Waals surface area (Å²) in [7, 11) is 0. The number of fused-ring (bicyclic) bond motifs is 1. The molecular weight excluding hydrogens is 250 g/mol. The molecule has 3 heterocycles. The topological polar surface area (TPSA) is 37.8 Å².